The molecule has 2 N–H and O–H groups in total. The van der Waals surface area contributed by atoms with E-state index in [9.17, 15) is 9.90 Å². The van der Waals surface area contributed by atoms with Gasteiger partial charge in [-0.25, -0.2) is 9.97 Å². The van der Waals surface area contributed by atoms with Gasteiger partial charge in [-0.05, 0) is 18.9 Å². The van der Waals surface area contributed by atoms with Gasteiger partial charge in [0, 0.05) is 12.0 Å². The van der Waals surface area contributed by atoms with Crippen LogP contribution in [0.4, 0.5) is 0 Å². The third kappa shape index (κ3) is 4.76. The molecule has 6 heteroatoms. The van der Waals surface area contributed by atoms with Crippen molar-refractivity contribution in [2.45, 2.75) is 45.3 Å². The molecule has 1 aromatic heterocycles. The van der Waals surface area contributed by atoms with Crippen LogP contribution >= 0.6 is 11.6 Å². The van der Waals surface area contributed by atoms with E-state index >= 15 is 0 Å². The lowest BCUT2D eigenvalue weighted by Gasteiger charge is -2.18. The largest absolute Gasteiger partial charge is 0.388 e. The van der Waals surface area contributed by atoms with Crippen LogP contribution in [0, 0.1) is 0 Å². The Morgan fingerprint density at radius 1 is 1.25 bits per heavy atom. The minimum Gasteiger partial charge on any atom is -0.388 e. The molecule has 2 unspecified atom stereocenters. The third-order valence-electron chi connectivity index (χ3n) is 3.63. The Morgan fingerprint density at radius 3 is 2.54 bits per heavy atom. The molecule has 1 aromatic carbocycles. The number of rotatable bonds is 6. The van der Waals surface area contributed by atoms with Gasteiger partial charge in [-0.2, -0.15) is 0 Å². The summed E-state index contributed by atoms with van der Waals surface area (Å²) >= 11 is 6.05. The monoisotopic (exact) mass is 347 g/mol. The van der Waals surface area contributed by atoms with E-state index in [0.29, 0.717) is 12.2 Å². The molecule has 0 radical (unpaired) electrons. The van der Waals surface area contributed by atoms with Gasteiger partial charge < -0.3 is 10.4 Å². The Bertz CT molecular complexity index is 692. The third-order valence-corrected chi connectivity index (χ3v) is 3.91. The number of nitrogens with zero attached hydrogens (tertiary/aromatic N) is 2. The molecular formula is C18H22ClN3O2. The lowest BCUT2D eigenvalue weighted by atomic mass is 10.0. The smallest absolute Gasteiger partial charge is 0.271 e. The minimum atomic E-state index is -0.645. The van der Waals surface area contributed by atoms with Crippen LogP contribution < -0.4 is 5.32 Å². The molecule has 2 atom stereocenters. The second kappa shape index (κ2) is 8.22. The highest BCUT2D eigenvalue weighted by Crippen LogP contribution is 2.19. The van der Waals surface area contributed by atoms with Crippen LogP contribution in [0.5, 0.6) is 0 Å². The average molecular weight is 348 g/mol. The second-order valence-electron chi connectivity index (χ2n) is 6.12. The van der Waals surface area contributed by atoms with Crippen molar-refractivity contribution >= 4 is 17.5 Å². The van der Waals surface area contributed by atoms with Crippen molar-refractivity contribution in [3.05, 3.63) is 58.6 Å². The van der Waals surface area contributed by atoms with Crippen molar-refractivity contribution in [3.63, 3.8) is 0 Å². The number of amides is 1. The van der Waals surface area contributed by atoms with Crippen LogP contribution in [-0.2, 0) is 0 Å². The SMILES string of the molecule is CC(CC(O)c1ccccc1)NC(=O)c1nc(C(C)C)ncc1Cl. The van der Waals surface area contributed by atoms with Crippen molar-refractivity contribution in [1.82, 2.24) is 15.3 Å². The van der Waals surface area contributed by atoms with E-state index in [4.69, 9.17) is 11.6 Å². The van der Waals surface area contributed by atoms with Crippen LogP contribution in [0.15, 0.2) is 36.5 Å². The van der Waals surface area contributed by atoms with Gasteiger partial charge in [0.15, 0.2) is 0 Å². The summed E-state index contributed by atoms with van der Waals surface area (Å²) in [6, 6.07) is 9.11. The van der Waals surface area contributed by atoms with Gasteiger partial charge in [0.05, 0.1) is 17.3 Å². The van der Waals surface area contributed by atoms with Crippen molar-refractivity contribution < 1.29 is 9.90 Å². The maximum Gasteiger partial charge on any atom is 0.271 e. The van der Waals surface area contributed by atoms with E-state index in [2.05, 4.69) is 15.3 Å². The normalized spacial score (nSPS) is 13.6. The first-order chi connectivity index (χ1) is 11.4. The fraction of sp³-hybridized carbons (Fsp3) is 0.389. The highest BCUT2D eigenvalue weighted by atomic mass is 35.5. The number of aliphatic hydroxyl groups excluding tert-OH is 1. The zero-order valence-electron chi connectivity index (χ0n) is 14.0. The molecule has 0 fully saturated rings. The van der Waals surface area contributed by atoms with Gasteiger partial charge in [-0.3, -0.25) is 4.79 Å². The van der Waals surface area contributed by atoms with E-state index in [0.717, 1.165) is 5.56 Å². The molecule has 0 bridgehead atoms. The van der Waals surface area contributed by atoms with Crippen molar-refractivity contribution in [2.75, 3.05) is 0 Å². The molecular weight excluding hydrogens is 326 g/mol. The van der Waals surface area contributed by atoms with Gasteiger partial charge in [0.25, 0.3) is 5.91 Å². The quantitative estimate of drug-likeness (QED) is 0.838. The average Bonchev–Trinajstić information content (AvgIpc) is 2.55. The maximum absolute atomic E-state index is 12.4. The van der Waals surface area contributed by atoms with Crippen LogP contribution in [0.2, 0.25) is 5.02 Å². The fourth-order valence-corrected chi connectivity index (χ4v) is 2.49. The summed E-state index contributed by atoms with van der Waals surface area (Å²) in [5.41, 5.74) is 0.983. The number of hydrogen-bond donors (Lipinski definition) is 2. The predicted octanol–water partition coefficient (Wildman–Crippen LogP) is 3.50. The minimum absolute atomic E-state index is 0.103. The first-order valence-electron chi connectivity index (χ1n) is 7.94. The summed E-state index contributed by atoms with van der Waals surface area (Å²) < 4.78 is 0. The molecule has 128 valence electrons. The van der Waals surface area contributed by atoms with E-state index in [1.54, 1.807) is 0 Å². The van der Waals surface area contributed by atoms with E-state index in [1.165, 1.54) is 6.20 Å². The van der Waals surface area contributed by atoms with E-state index in [-0.39, 0.29) is 28.6 Å². The Morgan fingerprint density at radius 2 is 1.92 bits per heavy atom. The molecule has 1 heterocycles. The first-order valence-corrected chi connectivity index (χ1v) is 8.32. The summed E-state index contributed by atoms with van der Waals surface area (Å²) in [6.45, 7) is 5.73. The molecule has 0 aliphatic rings. The number of benzene rings is 1. The summed E-state index contributed by atoms with van der Waals surface area (Å²) in [7, 11) is 0. The number of carbonyl (C=O) groups is 1. The zero-order chi connectivity index (χ0) is 17.7. The van der Waals surface area contributed by atoms with Gasteiger partial charge in [0.2, 0.25) is 0 Å². The van der Waals surface area contributed by atoms with E-state index < -0.39 is 6.10 Å². The van der Waals surface area contributed by atoms with Crippen molar-refractivity contribution in [3.8, 4) is 0 Å². The number of halogens is 1. The Balaban J connectivity index is 2.02. The van der Waals surface area contributed by atoms with Crippen molar-refractivity contribution in [1.29, 1.82) is 0 Å². The fourth-order valence-electron chi connectivity index (χ4n) is 2.32. The maximum atomic E-state index is 12.4. The molecule has 24 heavy (non-hydrogen) atoms. The summed E-state index contributed by atoms with van der Waals surface area (Å²) in [4.78, 5) is 20.8. The lowest BCUT2D eigenvalue weighted by Crippen LogP contribution is -2.34. The Hall–Kier alpha value is -1.98. The molecule has 0 aliphatic carbocycles. The number of hydrogen-bond acceptors (Lipinski definition) is 4. The lowest BCUT2D eigenvalue weighted by molar-refractivity contribution is 0.0911. The van der Waals surface area contributed by atoms with Gasteiger partial charge in [-0.1, -0.05) is 55.8 Å². The number of aromatic nitrogens is 2. The molecule has 0 saturated heterocycles. The molecule has 2 rings (SSSR count). The molecule has 0 spiro atoms. The van der Waals surface area contributed by atoms with Gasteiger partial charge in [-0.15, -0.1) is 0 Å². The predicted molar refractivity (Wildman–Crippen MR) is 94.1 cm³/mol. The first kappa shape index (κ1) is 18.4. The highest BCUT2D eigenvalue weighted by Gasteiger charge is 2.19. The molecule has 5 nitrogen and oxygen atoms in total. The van der Waals surface area contributed by atoms with E-state index in [1.807, 2.05) is 51.1 Å². The van der Waals surface area contributed by atoms with Crippen LogP contribution in [-0.4, -0.2) is 27.0 Å². The van der Waals surface area contributed by atoms with Gasteiger partial charge in [0.1, 0.15) is 11.5 Å². The van der Waals surface area contributed by atoms with Crippen LogP contribution in [0.3, 0.4) is 0 Å². The number of nitrogens with one attached hydrogen (secondary N) is 1. The molecule has 2 aromatic rings. The van der Waals surface area contributed by atoms with Crippen molar-refractivity contribution in [2.24, 2.45) is 0 Å². The van der Waals surface area contributed by atoms with Crippen LogP contribution in [0.25, 0.3) is 0 Å². The Labute approximate surface area is 147 Å². The summed E-state index contributed by atoms with van der Waals surface area (Å²) in [5.74, 6) is 0.310. The van der Waals surface area contributed by atoms with Gasteiger partial charge >= 0.3 is 0 Å². The Kier molecular flexibility index (Phi) is 6.29. The summed E-state index contributed by atoms with van der Waals surface area (Å²) in [5, 5.41) is 13.3. The summed E-state index contributed by atoms with van der Waals surface area (Å²) in [6.07, 6.45) is 1.20. The topological polar surface area (TPSA) is 75.1 Å². The van der Waals surface area contributed by atoms with Crippen LogP contribution in [0.1, 0.15) is 61.1 Å². The molecule has 1 amide bonds. The standard InChI is InChI=1S/C18H22ClN3O2/c1-11(2)17-20-10-14(19)16(22-17)18(24)21-12(3)9-15(23)13-7-5-4-6-8-13/h4-8,10-12,15,23H,9H2,1-3H3,(H,21,24). The number of carbonyl (C=O) groups excluding carboxylic acids is 1. The molecule has 0 aliphatic heterocycles. The number of aliphatic hydroxyl groups is 1. The molecule has 0 saturated carbocycles. The highest BCUT2D eigenvalue weighted by molar-refractivity contribution is 6.33. The second-order valence-corrected chi connectivity index (χ2v) is 6.52. The zero-order valence-corrected chi connectivity index (χ0v) is 14.8.